The van der Waals surface area contributed by atoms with Crippen LogP contribution in [0, 0.1) is 29.8 Å². The lowest BCUT2D eigenvalue weighted by molar-refractivity contribution is -0.384. The van der Waals surface area contributed by atoms with Crippen molar-refractivity contribution in [2.24, 2.45) is 0 Å². The highest BCUT2D eigenvalue weighted by Crippen LogP contribution is 2.37. The zero-order valence-electron chi connectivity index (χ0n) is 14.0. The first-order valence-corrected chi connectivity index (χ1v) is 8.50. The number of nitrogens with zero attached hydrogens (tertiary/aromatic N) is 2. The molecular formula is C19H14BrFN2O3. The Morgan fingerprint density at radius 3 is 2.31 bits per heavy atom. The van der Waals surface area contributed by atoms with Crippen LogP contribution < -0.4 is 4.74 Å². The molecule has 0 N–H and O–H groups in total. The van der Waals surface area contributed by atoms with Gasteiger partial charge in [0.2, 0.25) is 0 Å². The second-order valence-electron chi connectivity index (χ2n) is 5.75. The van der Waals surface area contributed by atoms with Gasteiger partial charge >= 0.3 is 0 Å². The second kappa shape index (κ2) is 7.21. The molecule has 1 aromatic heterocycles. The summed E-state index contributed by atoms with van der Waals surface area (Å²) >= 11 is 3.20. The lowest BCUT2D eigenvalue weighted by Gasteiger charge is -2.13. The van der Waals surface area contributed by atoms with Gasteiger partial charge in [0.25, 0.3) is 5.69 Å². The monoisotopic (exact) mass is 416 g/mol. The lowest BCUT2D eigenvalue weighted by Crippen LogP contribution is -1.95. The van der Waals surface area contributed by atoms with Gasteiger partial charge in [0, 0.05) is 33.6 Å². The summed E-state index contributed by atoms with van der Waals surface area (Å²) in [4.78, 5) is 15.0. The van der Waals surface area contributed by atoms with Crippen LogP contribution in [0.4, 0.5) is 10.1 Å². The van der Waals surface area contributed by atoms with Gasteiger partial charge in [-0.2, -0.15) is 0 Å². The van der Waals surface area contributed by atoms with E-state index < -0.39 is 10.7 Å². The number of benzene rings is 2. The minimum absolute atomic E-state index is 0.0332. The maximum atomic E-state index is 14.1. The average molecular weight is 417 g/mol. The van der Waals surface area contributed by atoms with Gasteiger partial charge in [-0.25, -0.2) is 4.39 Å². The van der Waals surface area contributed by atoms with Crippen molar-refractivity contribution in [3.8, 4) is 22.6 Å². The third-order valence-electron chi connectivity index (χ3n) is 3.68. The summed E-state index contributed by atoms with van der Waals surface area (Å²) in [6.07, 6.45) is 0. The molecule has 0 saturated heterocycles. The number of halogens is 2. The van der Waals surface area contributed by atoms with Crippen molar-refractivity contribution in [1.29, 1.82) is 0 Å². The summed E-state index contributed by atoms with van der Waals surface area (Å²) in [7, 11) is 0. The summed E-state index contributed by atoms with van der Waals surface area (Å²) in [5.41, 5.74) is 2.68. The average Bonchev–Trinajstić information content (AvgIpc) is 2.56. The van der Waals surface area contributed by atoms with Gasteiger partial charge in [-0.05, 0) is 55.8 Å². The Kier molecular flexibility index (Phi) is 4.99. The van der Waals surface area contributed by atoms with Crippen molar-refractivity contribution in [1.82, 2.24) is 4.98 Å². The number of pyridine rings is 1. The Hall–Kier alpha value is -2.80. The Morgan fingerprint density at radius 2 is 1.69 bits per heavy atom. The highest BCUT2D eigenvalue weighted by molar-refractivity contribution is 9.10. The van der Waals surface area contributed by atoms with E-state index in [0.717, 1.165) is 11.4 Å². The first kappa shape index (κ1) is 18.0. The molecule has 0 radical (unpaired) electrons. The van der Waals surface area contributed by atoms with E-state index >= 15 is 0 Å². The molecule has 5 nitrogen and oxygen atoms in total. The Labute approximate surface area is 157 Å². The fourth-order valence-electron chi connectivity index (χ4n) is 2.61. The molecule has 0 saturated carbocycles. The molecule has 0 atom stereocenters. The van der Waals surface area contributed by atoms with Crippen LogP contribution in [0.15, 0.2) is 53.0 Å². The molecule has 26 heavy (non-hydrogen) atoms. The Bertz CT molecular complexity index is 988. The Balaban J connectivity index is 2.13. The SMILES string of the molecule is Cc1cc(-c2cc([N+](=O)[O-])ccc2Oc2ccc(Br)cc2F)cc(C)n1. The second-order valence-corrected chi connectivity index (χ2v) is 6.67. The topological polar surface area (TPSA) is 65.3 Å². The molecule has 2 aromatic carbocycles. The molecular weight excluding hydrogens is 403 g/mol. The van der Waals surface area contributed by atoms with Gasteiger partial charge in [0.1, 0.15) is 5.75 Å². The van der Waals surface area contributed by atoms with Crippen molar-refractivity contribution < 1.29 is 14.1 Å². The van der Waals surface area contributed by atoms with Gasteiger partial charge in [0.05, 0.1) is 4.92 Å². The number of non-ortho nitro benzene ring substituents is 1. The molecule has 1 heterocycles. The summed E-state index contributed by atoms with van der Waals surface area (Å²) < 4.78 is 20.4. The quantitative estimate of drug-likeness (QED) is 0.388. The van der Waals surface area contributed by atoms with Crippen LogP contribution in [-0.2, 0) is 0 Å². The number of ether oxygens (including phenoxy) is 1. The third-order valence-corrected chi connectivity index (χ3v) is 4.17. The summed E-state index contributed by atoms with van der Waals surface area (Å²) in [6, 6.07) is 12.3. The third kappa shape index (κ3) is 3.88. The van der Waals surface area contributed by atoms with E-state index in [1.165, 1.54) is 30.3 Å². The molecule has 0 aliphatic rings. The zero-order chi connectivity index (χ0) is 18.8. The van der Waals surface area contributed by atoms with E-state index in [1.54, 1.807) is 18.2 Å². The van der Waals surface area contributed by atoms with E-state index in [-0.39, 0.29) is 11.4 Å². The molecule has 0 spiro atoms. The number of nitro benzene ring substituents is 1. The molecule has 0 unspecified atom stereocenters. The first-order chi connectivity index (χ1) is 12.3. The molecule has 132 valence electrons. The fraction of sp³-hybridized carbons (Fsp3) is 0.105. The minimum Gasteiger partial charge on any atom is -0.454 e. The molecule has 0 fully saturated rings. The smallest absolute Gasteiger partial charge is 0.270 e. The van der Waals surface area contributed by atoms with E-state index in [9.17, 15) is 14.5 Å². The number of nitro groups is 1. The van der Waals surface area contributed by atoms with Crippen molar-refractivity contribution in [3.05, 3.63) is 80.3 Å². The van der Waals surface area contributed by atoms with Crippen LogP contribution in [0.3, 0.4) is 0 Å². The Morgan fingerprint density at radius 1 is 1.04 bits per heavy atom. The normalized spacial score (nSPS) is 10.6. The van der Waals surface area contributed by atoms with E-state index in [4.69, 9.17) is 4.74 Å². The molecule has 7 heteroatoms. The number of hydrogen-bond acceptors (Lipinski definition) is 4. The predicted octanol–water partition coefficient (Wildman–Crippen LogP) is 5.97. The van der Waals surface area contributed by atoms with Gasteiger partial charge in [-0.15, -0.1) is 0 Å². The van der Waals surface area contributed by atoms with Crippen LogP contribution >= 0.6 is 15.9 Å². The van der Waals surface area contributed by atoms with Crippen LogP contribution in [-0.4, -0.2) is 9.91 Å². The predicted molar refractivity (Wildman–Crippen MR) is 100.0 cm³/mol. The number of rotatable bonds is 4. The summed E-state index contributed by atoms with van der Waals surface area (Å²) in [6.45, 7) is 3.67. The van der Waals surface area contributed by atoms with Crippen LogP contribution in [0.5, 0.6) is 11.5 Å². The zero-order valence-corrected chi connectivity index (χ0v) is 15.6. The van der Waals surface area contributed by atoms with Crippen molar-refractivity contribution in [2.75, 3.05) is 0 Å². The van der Waals surface area contributed by atoms with Crippen LogP contribution in [0.1, 0.15) is 11.4 Å². The number of aryl methyl sites for hydroxylation is 2. The molecule has 3 rings (SSSR count). The van der Waals surface area contributed by atoms with Crippen LogP contribution in [0.25, 0.3) is 11.1 Å². The summed E-state index contributed by atoms with van der Waals surface area (Å²) in [5.74, 6) is -0.182. The van der Waals surface area contributed by atoms with E-state index in [0.29, 0.717) is 21.3 Å². The van der Waals surface area contributed by atoms with Crippen molar-refractivity contribution in [3.63, 3.8) is 0 Å². The largest absolute Gasteiger partial charge is 0.454 e. The fourth-order valence-corrected chi connectivity index (χ4v) is 2.95. The molecule has 3 aromatic rings. The van der Waals surface area contributed by atoms with E-state index in [1.807, 2.05) is 13.8 Å². The van der Waals surface area contributed by atoms with Gasteiger partial charge in [-0.3, -0.25) is 15.1 Å². The van der Waals surface area contributed by atoms with Crippen molar-refractivity contribution >= 4 is 21.6 Å². The van der Waals surface area contributed by atoms with Gasteiger partial charge < -0.3 is 4.74 Å². The molecule has 0 aliphatic carbocycles. The lowest BCUT2D eigenvalue weighted by atomic mass is 10.0. The highest BCUT2D eigenvalue weighted by Gasteiger charge is 2.16. The standard InChI is InChI=1S/C19H14BrFN2O3/c1-11-7-13(8-12(2)22-11)16-10-15(23(24)25)4-6-18(16)26-19-5-3-14(20)9-17(19)21/h3-10H,1-2H3. The van der Waals surface area contributed by atoms with Crippen molar-refractivity contribution in [2.45, 2.75) is 13.8 Å². The summed E-state index contributed by atoms with van der Waals surface area (Å²) in [5, 5.41) is 11.2. The van der Waals surface area contributed by atoms with Gasteiger partial charge in [-0.1, -0.05) is 15.9 Å². The molecule has 0 amide bonds. The minimum atomic E-state index is -0.536. The molecule has 0 aliphatic heterocycles. The highest BCUT2D eigenvalue weighted by atomic mass is 79.9. The molecule has 0 bridgehead atoms. The number of aromatic nitrogens is 1. The van der Waals surface area contributed by atoms with E-state index in [2.05, 4.69) is 20.9 Å². The number of hydrogen-bond donors (Lipinski definition) is 0. The van der Waals surface area contributed by atoms with Gasteiger partial charge in [0.15, 0.2) is 11.6 Å². The first-order valence-electron chi connectivity index (χ1n) is 7.70. The maximum Gasteiger partial charge on any atom is 0.270 e. The maximum absolute atomic E-state index is 14.1. The van der Waals surface area contributed by atoms with Crippen LogP contribution in [0.2, 0.25) is 0 Å².